The van der Waals surface area contributed by atoms with Gasteiger partial charge in [-0.05, 0) is 58.2 Å². The van der Waals surface area contributed by atoms with Gasteiger partial charge in [0.05, 0.1) is 87.6 Å². The number of hydrogen-bond acceptors (Lipinski definition) is 12. The fourth-order valence-electron chi connectivity index (χ4n) is 8.52. The summed E-state index contributed by atoms with van der Waals surface area (Å²) in [6.07, 6.45) is 0. The number of nitriles is 6. The molecule has 0 unspecified atom stereocenters. The molecule has 0 spiro atoms. The van der Waals surface area contributed by atoms with Crippen molar-refractivity contribution in [3.05, 3.63) is 175 Å². The number of rotatable bonds is 6. The second-order valence-electron chi connectivity index (χ2n) is 14.4. The van der Waals surface area contributed by atoms with Gasteiger partial charge in [-0.3, -0.25) is 14.7 Å². The molecule has 0 saturated carbocycles. The molecule has 0 N–H and O–H groups in total. The molecule has 0 bridgehead atoms. The molecule has 12 heteroatoms. The lowest BCUT2D eigenvalue weighted by molar-refractivity contribution is 0.795. The van der Waals surface area contributed by atoms with E-state index in [0.29, 0.717) is 67.6 Å². The lowest BCUT2D eigenvalue weighted by atomic mass is 9.81. The molecule has 4 heterocycles. The minimum Gasteiger partial charge on any atom is -0.285 e. The van der Waals surface area contributed by atoms with E-state index in [1.807, 2.05) is 91.0 Å². The van der Waals surface area contributed by atoms with Gasteiger partial charge in [0.25, 0.3) is 0 Å². The third-order valence-electron chi connectivity index (χ3n) is 11.4. The Hall–Kier alpha value is -8.55. The molecule has 12 nitrogen and oxygen atoms in total. The first-order chi connectivity index (χ1) is 29.1. The first-order valence-corrected chi connectivity index (χ1v) is 19.0. The Kier molecular flexibility index (Phi) is 10.7. The molecule has 4 aromatic rings. The molecular weight excluding hydrogens is 745 g/mol. The zero-order valence-electron chi connectivity index (χ0n) is 33.8. The molecule has 3 aliphatic heterocycles. The molecule has 7 rings (SSSR count). The maximum absolute atomic E-state index is 10.7. The molecular formula is C48H36N12. The highest BCUT2D eigenvalue weighted by molar-refractivity contribution is 5.72. The summed E-state index contributed by atoms with van der Waals surface area (Å²) in [4.78, 5) is 19.9. The van der Waals surface area contributed by atoms with Crippen LogP contribution in [0.5, 0.6) is 0 Å². The summed E-state index contributed by atoms with van der Waals surface area (Å²) in [5, 5.41) is 64.2. The van der Waals surface area contributed by atoms with Crippen LogP contribution in [0.3, 0.4) is 0 Å². The molecule has 0 saturated heterocycles. The van der Waals surface area contributed by atoms with Gasteiger partial charge in [-0.2, -0.15) is 46.5 Å². The molecule has 1 aromatic heterocycles. The van der Waals surface area contributed by atoms with Gasteiger partial charge in [0.15, 0.2) is 0 Å². The summed E-state index contributed by atoms with van der Waals surface area (Å²) in [5.74, 6) is -1.85. The molecule has 0 radical (unpaired) electrons. The summed E-state index contributed by atoms with van der Waals surface area (Å²) < 4.78 is 0. The van der Waals surface area contributed by atoms with E-state index in [2.05, 4.69) is 36.4 Å². The van der Waals surface area contributed by atoms with E-state index in [-0.39, 0.29) is 17.8 Å². The lowest BCUT2D eigenvalue weighted by Gasteiger charge is -2.38. The summed E-state index contributed by atoms with van der Waals surface area (Å²) in [6, 6.07) is 42.1. The molecule has 3 aliphatic rings. The molecule has 3 aromatic carbocycles. The van der Waals surface area contributed by atoms with Crippen molar-refractivity contribution in [2.24, 2.45) is 0 Å². The summed E-state index contributed by atoms with van der Waals surface area (Å²) in [7, 11) is 0. The third kappa shape index (κ3) is 6.33. The molecule has 0 aliphatic carbocycles. The van der Waals surface area contributed by atoms with Crippen LogP contribution in [0.2, 0.25) is 0 Å². The maximum atomic E-state index is 10.7. The first-order valence-electron chi connectivity index (χ1n) is 19.0. The van der Waals surface area contributed by atoms with Crippen LogP contribution in [0, 0.1) is 68.0 Å². The number of hydrogen-bond donors (Lipinski definition) is 0. The van der Waals surface area contributed by atoms with Crippen molar-refractivity contribution in [1.29, 1.82) is 31.6 Å². The van der Waals surface area contributed by atoms with Crippen molar-refractivity contribution in [3.8, 4) is 36.4 Å². The largest absolute Gasteiger partial charge is 0.285 e. The van der Waals surface area contributed by atoms with E-state index < -0.39 is 17.8 Å². The van der Waals surface area contributed by atoms with E-state index in [9.17, 15) is 31.6 Å². The number of nitrogens with zero attached hydrogens (tertiary/aromatic N) is 12. The minimum absolute atomic E-state index is 0.0302. The second kappa shape index (κ2) is 16.1. The van der Waals surface area contributed by atoms with Gasteiger partial charge in [0.1, 0.15) is 0 Å². The van der Waals surface area contributed by atoms with Crippen LogP contribution in [0.4, 0.5) is 17.8 Å². The Morgan fingerprint density at radius 2 is 0.517 bits per heavy atom. The van der Waals surface area contributed by atoms with E-state index in [1.54, 1.807) is 56.2 Å². The minimum atomic E-state index is -0.647. The fourth-order valence-corrected chi connectivity index (χ4v) is 8.52. The van der Waals surface area contributed by atoms with Crippen molar-refractivity contribution in [1.82, 2.24) is 15.0 Å². The Labute approximate surface area is 349 Å². The maximum Gasteiger partial charge on any atom is 0.240 e. The number of allylic oxidation sites excluding steroid dienone is 12. The van der Waals surface area contributed by atoms with Gasteiger partial charge >= 0.3 is 0 Å². The van der Waals surface area contributed by atoms with Gasteiger partial charge in [-0.1, -0.05) is 91.0 Å². The average Bonchev–Trinajstić information content (AvgIpc) is 3.27. The third-order valence-corrected chi connectivity index (χ3v) is 11.4. The van der Waals surface area contributed by atoms with E-state index in [0.717, 1.165) is 16.7 Å². The van der Waals surface area contributed by atoms with Crippen LogP contribution in [-0.4, -0.2) is 15.0 Å². The van der Waals surface area contributed by atoms with E-state index in [4.69, 9.17) is 15.0 Å². The van der Waals surface area contributed by atoms with Gasteiger partial charge in [-0.15, -0.1) is 0 Å². The Bertz CT molecular complexity index is 2470. The summed E-state index contributed by atoms with van der Waals surface area (Å²) in [5.41, 5.74) is 7.05. The zero-order chi connectivity index (χ0) is 42.8. The molecule has 0 amide bonds. The average molecular weight is 781 g/mol. The van der Waals surface area contributed by atoms with Crippen molar-refractivity contribution in [2.75, 3.05) is 14.7 Å². The Morgan fingerprint density at radius 3 is 0.683 bits per heavy atom. The monoisotopic (exact) mass is 780 g/mol. The zero-order valence-corrected chi connectivity index (χ0v) is 33.8. The van der Waals surface area contributed by atoms with Crippen LogP contribution in [0.1, 0.15) is 76.0 Å². The summed E-state index contributed by atoms with van der Waals surface area (Å²) >= 11 is 0. The van der Waals surface area contributed by atoms with Crippen molar-refractivity contribution < 1.29 is 0 Å². The van der Waals surface area contributed by atoms with Crippen LogP contribution < -0.4 is 14.7 Å². The van der Waals surface area contributed by atoms with Crippen molar-refractivity contribution in [2.45, 2.75) is 59.3 Å². The normalized spacial score (nSPS) is 16.7. The highest BCUT2D eigenvalue weighted by Crippen LogP contribution is 2.47. The fraction of sp³-hybridized carbons (Fsp3) is 0.188. The van der Waals surface area contributed by atoms with Crippen LogP contribution in [-0.2, 0) is 0 Å². The molecule has 0 atom stereocenters. The molecule has 60 heavy (non-hydrogen) atoms. The lowest BCUT2D eigenvalue weighted by Crippen LogP contribution is -2.35. The molecule has 288 valence electrons. The van der Waals surface area contributed by atoms with Gasteiger partial charge in [0, 0.05) is 34.2 Å². The smallest absolute Gasteiger partial charge is 0.240 e. The topological polar surface area (TPSA) is 191 Å². The first kappa shape index (κ1) is 39.7. The van der Waals surface area contributed by atoms with Gasteiger partial charge < -0.3 is 0 Å². The number of benzene rings is 3. The SMILES string of the molecule is CC1=C(C#N)C(c2ccccc2)C(C#N)=C(C)N1c1nc(N2C(C)=C(C#N)C(c3ccccc3)C(C#N)=C2C)nc(N2C(C)=C(C#N)C(c3ccccc3)C(C#N)=C2C)n1. The number of aromatic nitrogens is 3. The Balaban J connectivity index is 1.53. The van der Waals surface area contributed by atoms with Crippen molar-refractivity contribution in [3.63, 3.8) is 0 Å². The predicted octanol–water partition coefficient (Wildman–Crippen LogP) is 9.47. The summed E-state index contributed by atoms with van der Waals surface area (Å²) in [6.45, 7) is 10.6. The highest BCUT2D eigenvalue weighted by Gasteiger charge is 2.40. The quantitative estimate of drug-likeness (QED) is 0.180. The Morgan fingerprint density at radius 1 is 0.333 bits per heavy atom. The molecule has 0 fully saturated rings. The van der Waals surface area contributed by atoms with E-state index in [1.165, 1.54) is 0 Å². The highest BCUT2D eigenvalue weighted by atomic mass is 15.4. The second-order valence-corrected chi connectivity index (χ2v) is 14.4. The van der Waals surface area contributed by atoms with Gasteiger partial charge in [0.2, 0.25) is 17.8 Å². The van der Waals surface area contributed by atoms with E-state index >= 15 is 0 Å². The standard InChI is InChI=1S/C48H36N12/c1-28-37(22-49)43(34-16-10-7-11-17-34)38(23-50)29(2)58(28)46-55-47(59-30(3)39(24-51)44(40(25-52)31(59)4)35-18-12-8-13-19-35)57-48(56-46)60-32(5)41(26-53)45(42(27-54)33(60)6)36-20-14-9-15-21-36/h7-21,43-45H,1-6H3. The van der Waals surface area contributed by atoms with Crippen LogP contribution in [0.25, 0.3) is 0 Å². The number of anilines is 3. The van der Waals surface area contributed by atoms with Crippen LogP contribution >= 0.6 is 0 Å². The van der Waals surface area contributed by atoms with Gasteiger partial charge in [-0.25, -0.2) is 0 Å². The predicted molar refractivity (Wildman–Crippen MR) is 225 cm³/mol. The van der Waals surface area contributed by atoms with Crippen molar-refractivity contribution >= 4 is 17.8 Å². The van der Waals surface area contributed by atoms with Crippen LogP contribution in [0.15, 0.2) is 159 Å².